The van der Waals surface area contributed by atoms with Crippen LogP contribution in [0.1, 0.15) is 72.6 Å². The van der Waals surface area contributed by atoms with Crippen LogP contribution in [-0.2, 0) is 0 Å². The first-order valence-corrected chi connectivity index (χ1v) is 7.47. The minimum atomic E-state index is -0.00718. The fourth-order valence-electron chi connectivity index (χ4n) is 4.40. The fourth-order valence-corrected chi connectivity index (χ4v) is 4.40. The molecule has 1 nitrogen and oxygen atoms in total. The van der Waals surface area contributed by atoms with Crippen LogP contribution < -0.4 is 0 Å². The lowest BCUT2D eigenvalue weighted by Crippen LogP contribution is -2.41. The van der Waals surface area contributed by atoms with E-state index < -0.39 is 0 Å². The molecule has 1 heteroatoms. The van der Waals surface area contributed by atoms with E-state index in [1.807, 2.05) is 0 Å². The Kier molecular flexibility index (Phi) is 3.60. The Hall–Kier alpha value is -0.0400. The van der Waals surface area contributed by atoms with E-state index in [4.69, 9.17) is 0 Å². The Labute approximate surface area is 107 Å². The van der Waals surface area contributed by atoms with Gasteiger partial charge in [0.1, 0.15) is 0 Å². The maximum atomic E-state index is 9.81. The lowest BCUT2D eigenvalue weighted by Gasteiger charge is -2.50. The van der Waals surface area contributed by atoms with E-state index in [2.05, 4.69) is 27.7 Å². The minimum Gasteiger partial charge on any atom is -0.393 e. The Morgan fingerprint density at radius 1 is 1.18 bits per heavy atom. The number of hydrogen-bond donors (Lipinski definition) is 1. The quantitative estimate of drug-likeness (QED) is 0.718. The molecule has 4 atom stereocenters. The van der Waals surface area contributed by atoms with E-state index >= 15 is 0 Å². The Morgan fingerprint density at radius 3 is 2.53 bits per heavy atom. The molecule has 17 heavy (non-hydrogen) atoms. The molecule has 2 fully saturated rings. The standard InChI is InChI=1S/C16H30O/c1-15(2,3)10-12-5-6-13-9-14(17)7-8-16(13,4)11-12/h12-14,17H,5-11H2,1-4H3. The van der Waals surface area contributed by atoms with E-state index in [0.717, 1.165) is 24.7 Å². The number of aliphatic hydroxyl groups excluding tert-OH is 1. The maximum absolute atomic E-state index is 9.81. The van der Waals surface area contributed by atoms with Crippen molar-refractivity contribution in [2.75, 3.05) is 0 Å². The molecule has 2 rings (SSSR count). The molecule has 0 aromatic heterocycles. The van der Waals surface area contributed by atoms with Crippen molar-refractivity contribution < 1.29 is 5.11 Å². The minimum absolute atomic E-state index is 0.00718. The summed E-state index contributed by atoms with van der Waals surface area (Å²) in [5.41, 5.74) is 1.01. The van der Waals surface area contributed by atoms with Gasteiger partial charge in [-0.1, -0.05) is 34.1 Å². The van der Waals surface area contributed by atoms with Crippen LogP contribution in [0.25, 0.3) is 0 Å². The largest absolute Gasteiger partial charge is 0.393 e. The first-order chi connectivity index (χ1) is 7.78. The van der Waals surface area contributed by atoms with Crippen molar-refractivity contribution in [3.63, 3.8) is 0 Å². The SMILES string of the molecule is CC(C)(C)CC1CCC2CC(O)CCC2(C)C1. The van der Waals surface area contributed by atoms with Gasteiger partial charge in [-0.3, -0.25) is 0 Å². The molecule has 0 amide bonds. The van der Waals surface area contributed by atoms with Crippen molar-refractivity contribution in [1.82, 2.24) is 0 Å². The van der Waals surface area contributed by atoms with E-state index in [1.165, 1.54) is 32.1 Å². The van der Waals surface area contributed by atoms with Crippen LogP contribution in [0.3, 0.4) is 0 Å². The van der Waals surface area contributed by atoms with Crippen LogP contribution >= 0.6 is 0 Å². The second kappa shape index (κ2) is 4.57. The zero-order chi connectivity index (χ0) is 12.7. The monoisotopic (exact) mass is 238 g/mol. The third kappa shape index (κ3) is 3.24. The first kappa shape index (κ1) is 13.4. The highest BCUT2D eigenvalue weighted by molar-refractivity contribution is 4.94. The summed E-state index contributed by atoms with van der Waals surface area (Å²) in [4.78, 5) is 0. The van der Waals surface area contributed by atoms with Crippen molar-refractivity contribution >= 4 is 0 Å². The van der Waals surface area contributed by atoms with Crippen molar-refractivity contribution in [3.05, 3.63) is 0 Å². The second-order valence-corrected chi connectivity index (χ2v) is 8.19. The predicted octanol–water partition coefficient (Wildman–Crippen LogP) is 4.39. The number of aliphatic hydroxyl groups is 1. The normalized spacial score (nSPS) is 43.2. The van der Waals surface area contributed by atoms with Crippen LogP contribution in [0.5, 0.6) is 0 Å². The summed E-state index contributed by atoms with van der Waals surface area (Å²) < 4.78 is 0. The number of rotatable bonds is 1. The Morgan fingerprint density at radius 2 is 1.88 bits per heavy atom. The average molecular weight is 238 g/mol. The zero-order valence-electron chi connectivity index (χ0n) is 12.1. The summed E-state index contributed by atoms with van der Waals surface area (Å²) in [5.74, 6) is 1.72. The molecule has 0 aliphatic heterocycles. The van der Waals surface area contributed by atoms with Crippen LogP contribution in [0, 0.1) is 22.7 Å². The average Bonchev–Trinajstić information content (AvgIpc) is 2.16. The van der Waals surface area contributed by atoms with E-state index in [0.29, 0.717) is 10.8 Å². The molecule has 0 aromatic rings. The van der Waals surface area contributed by atoms with Gasteiger partial charge in [0.25, 0.3) is 0 Å². The molecular formula is C16H30O. The highest BCUT2D eigenvalue weighted by Crippen LogP contribution is 2.53. The fraction of sp³-hybridized carbons (Fsp3) is 1.00. The van der Waals surface area contributed by atoms with Crippen molar-refractivity contribution in [2.24, 2.45) is 22.7 Å². The molecule has 0 bridgehead atoms. The van der Waals surface area contributed by atoms with Crippen LogP contribution in [-0.4, -0.2) is 11.2 Å². The van der Waals surface area contributed by atoms with Crippen molar-refractivity contribution in [2.45, 2.75) is 78.7 Å². The Balaban J connectivity index is 1.98. The zero-order valence-corrected chi connectivity index (χ0v) is 12.1. The summed E-state index contributed by atoms with van der Waals surface area (Å²) in [7, 11) is 0. The predicted molar refractivity (Wildman–Crippen MR) is 72.9 cm³/mol. The van der Waals surface area contributed by atoms with E-state index in [9.17, 15) is 5.11 Å². The van der Waals surface area contributed by atoms with Gasteiger partial charge in [0.2, 0.25) is 0 Å². The lowest BCUT2D eigenvalue weighted by atomic mass is 9.56. The molecule has 2 aliphatic rings. The van der Waals surface area contributed by atoms with Gasteiger partial charge in [-0.2, -0.15) is 0 Å². The van der Waals surface area contributed by atoms with Crippen LogP contribution in [0.2, 0.25) is 0 Å². The summed E-state index contributed by atoms with van der Waals surface area (Å²) in [6.45, 7) is 9.59. The molecule has 4 unspecified atom stereocenters. The third-order valence-corrected chi connectivity index (χ3v) is 5.17. The summed E-state index contributed by atoms with van der Waals surface area (Å²) >= 11 is 0. The van der Waals surface area contributed by atoms with Gasteiger partial charge in [0.15, 0.2) is 0 Å². The van der Waals surface area contributed by atoms with Crippen LogP contribution in [0.15, 0.2) is 0 Å². The smallest absolute Gasteiger partial charge is 0.0543 e. The molecule has 1 N–H and O–H groups in total. The van der Waals surface area contributed by atoms with Crippen molar-refractivity contribution in [3.8, 4) is 0 Å². The van der Waals surface area contributed by atoms with Gasteiger partial charge in [0.05, 0.1) is 6.10 Å². The van der Waals surface area contributed by atoms with E-state index in [1.54, 1.807) is 0 Å². The molecule has 2 saturated carbocycles. The van der Waals surface area contributed by atoms with Gasteiger partial charge in [0, 0.05) is 0 Å². The summed E-state index contributed by atoms with van der Waals surface area (Å²) in [6.07, 6.45) is 8.87. The maximum Gasteiger partial charge on any atom is 0.0543 e. The van der Waals surface area contributed by atoms with Gasteiger partial charge >= 0.3 is 0 Å². The molecule has 0 radical (unpaired) electrons. The van der Waals surface area contributed by atoms with Gasteiger partial charge in [-0.25, -0.2) is 0 Å². The number of hydrogen-bond acceptors (Lipinski definition) is 1. The molecule has 0 heterocycles. The summed E-state index contributed by atoms with van der Waals surface area (Å²) in [5, 5.41) is 9.81. The molecule has 0 spiro atoms. The van der Waals surface area contributed by atoms with Gasteiger partial charge < -0.3 is 5.11 Å². The third-order valence-electron chi connectivity index (χ3n) is 5.17. The molecule has 0 aromatic carbocycles. The lowest BCUT2D eigenvalue weighted by molar-refractivity contribution is -0.0298. The molecule has 100 valence electrons. The summed E-state index contributed by atoms with van der Waals surface area (Å²) in [6, 6.07) is 0. The Bertz CT molecular complexity index is 265. The topological polar surface area (TPSA) is 20.2 Å². The highest BCUT2D eigenvalue weighted by Gasteiger charge is 2.44. The molecular weight excluding hydrogens is 208 g/mol. The molecule has 0 saturated heterocycles. The number of fused-ring (bicyclic) bond motifs is 1. The molecule has 2 aliphatic carbocycles. The first-order valence-electron chi connectivity index (χ1n) is 7.47. The van der Waals surface area contributed by atoms with Crippen LogP contribution in [0.4, 0.5) is 0 Å². The van der Waals surface area contributed by atoms with Gasteiger partial charge in [-0.15, -0.1) is 0 Å². The van der Waals surface area contributed by atoms with Gasteiger partial charge in [-0.05, 0) is 61.2 Å². The highest BCUT2D eigenvalue weighted by atomic mass is 16.3. The second-order valence-electron chi connectivity index (χ2n) is 8.19. The van der Waals surface area contributed by atoms with E-state index in [-0.39, 0.29) is 6.10 Å². The van der Waals surface area contributed by atoms with Crippen molar-refractivity contribution in [1.29, 1.82) is 0 Å².